The van der Waals surface area contributed by atoms with Crippen LogP contribution in [0.4, 0.5) is 29.3 Å². The molecule has 114 valence electrons. The predicted molar refractivity (Wildman–Crippen MR) is 71.1 cm³/mol. The Morgan fingerprint density at radius 3 is 2.43 bits per heavy atom. The molecule has 1 aromatic rings. The Labute approximate surface area is 119 Å². The van der Waals surface area contributed by atoms with Crippen molar-refractivity contribution < 1.29 is 22.8 Å². The van der Waals surface area contributed by atoms with Crippen molar-refractivity contribution >= 4 is 23.3 Å². The molecule has 0 radical (unpaired) electrons. The highest BCUT2D eigenvalue weighted by Gasteiger charge is 2.38. The highest BCUT2D eigenvalue weighted by molar-refractivity contribution is 5.96. The summed E-state index contributed by atoms with van der Waals surface area (Å²) in [5, 5.41) is 2.30. The Morgan fingerprint density at radius 2 is 1.95 bits per heavy atom. The predicted octanol–water partition coefficient (Wildman–Crippen LogP) is 2.54. The monoisotopic (exact) mass is 301 g/mol. The van der Waals surface area contributed by atoms with Crippen molar-refractivity contribution in [2.45, 2.75) is 13.1 Å². The highest BCUT2D eigenvalue weighted by Crippen LogP contribution is 2.39. The van der Waals surface area contributed by atoms with E-state index in [2.05, 4.69) is 5.32 Å². The molecule has 1 fully saturated rings. The molecule has 0 aliphatic carbocycles. The molecule has 0 bridgehead atoms. The topological polar surface area (TPSA) is 52.7 Å². The summed E-state index contributed by atoms with van der Waals surface area (Å²) in [6.07, 6.45) is -4.62. The normalized spacial score (nSPS) is 15.6. The average molecular weight is 301 g/mol. The number of alkyl halides is 3. The fourth-order valence-corrected chi connectivity index (χ4v) is 2.15. The molecule has 21 heavy (non-hydrogen) atoms. The van der Waals surface area contributed by atoms with Gasteiger partial charge >= 0.3 is 12.2 Å². The van der Waals surface area contributed by atoms with Crippen molar-refractivity contribution in [1.82, 2.24) is 4.90 Å². The van der Waals surface area contributed by atoms with Crippen molar-refractivity contribution in [2.24, 2.45) is 0 Å². The van der Waals surface area contributed by atoms with Gasteiger partial charge in [0, 0.05) is 32.7 Å². The first-order valence-electron chi connectivity index (χ1n) is 6.21. The molecule has 0 spiro atoms. The van der Waals surface area contributed by atoms with Crippen LogP contribution in [0.5, 0.6) is 0 Å². The number of anilines is 2. The first-order chi connectivity index (χ1) is 9.70. The number of rotatable bonds is 2. The van der Waals surface area contributed by atoms with Crippen LogP contribution in [0, 0.1) is 0 Å². The van der Waals surface area contributed by atoms with Crippen LogP contribution in [0.25, 0.3) is 0 Å². The number of amides is 3. The Bertz CT molecular complexity index is 587. The molecule has 1 aliphatic rings. The minimum atomic E-state index is -4.62. The summed E-state index contributed by atoms with van der Waals surface area (Å²) in [6, 6.07) is 2.90. The summed E-state index contributed by atoms with van der Waals surface area (Å²) in [4.78, 5) is 25.2. The van der Waals surface area contributed by atoms with E-state index in [1.54, 1.807) is 0 Å². The molecule has 0 saturated carbocycles. The average Bonchev–Trinajstić information content (AvgIpc) is 2.68. The number of likely N-dealkylation sites (N-methyl/N-ethyl adjacent to an activating group) is 1. The lowest BCUT2D eigenvalue weighted by Gasteiger charge is -2.21. The Morgan fingerprint density at radius 1 is 1.29 bits per heavy atom. The lowest BCUT2D eigenvalue weighted by atomic mass is 10.1. The van der Waals surface area contributed by atoms with Gasteiger partial charge in [-0.05, 0) is 18.2 Å². The third kappa shape index (κ3) is 3.09. The number of benzene rings is 1. The molecule has 5 nitrogen and oxygen atoms in total. The van der Waals surface area contributed by atoms with Crippen LogP contribution in [0.1, 0.15) is 12.5 Å². The smallest absolute Gasteiger partial charge is 0.326 e. The van der Waals surface area contributed by atoms with Gasteiger partial charge in [-0.2, -0.15) is 13.2 Å². The SMILES string of the molecule is CC(=O)Nc1ccc(N2CCN(C)C2=O)c(C(F)(F)F)c1. The van der Waals surface area contributed by atoms with Gasteiger partial charge in [0.15, 0.2) is 0 Å². The maximum atomic E-state index is 13.2. The maximum Gasteiger partial charge on any atom is 0.418 e. The van der Waals surface area contributed by atoms with Crippen LogP contribution in [0.3, 0.4) is 0 Å². The van der Waals surface area contributed by atoms with Crippen LogP contribution in [0.15, 0.2) is 18.2 Å². The van der Waals surface area contributed by atoms with Gasteiger partial charge in [-0.15, -0.1) is 0 Å². The van der Waals surface area contributed by atoms with Gasteiger partial charge in [-0.25, -0.2) is 4.79 Å². The van der Waals surface area contributed by atoms with E-state index in [0.29, 0.717) is 6.54 Å². The van der Waals surface area contributed by atoms with Gasteiger partial charge in [0.25, 0.3) is 0 Å². The molecule has 1 aliphatic heterocycles. The number of carbonyl (C=O) groups excluding carboxylic acids is 2. The zero-order valence-corrected chi connectivity index (χ0v) is 11.5. The highest BCUT2D eigenvalue weighted by atomic mass is 19.4. The number of halogens is 3. The van der Waals surface area contributed by atoms with Gasteiger partial charge in [-0.1, -0.05) is 0 Å². The van der Waals surface area contributed by atoms with E-state index in [1.807, 2.05) is 0 Å². The molecule has 0 unspecified atom stereocenters. The molecule has 1 saturated heterocycles. The van der Waals surface area contributed by atoms with E-state index in [9.17, 15) is 22.8 Å². The Kier molecular flexibility index (Phi) is 3.80. The third-order valence-electron chi connectivity index (χ3n) is 3.13. The summed E-state index contributed by atoms with van der Waals surface area (Å²) in [5.74, 6) is -0.465. The largest absolute Gasteiger partial charge is 0.418 e. The Hall–Kier alpha value is -2.25. The number of nitrogens with one attached hydrogen (secondary N) is 1. The zero-order valence-electron chi connectivity index (χ0n) is 11.5. The lowest BCUT2D eigenvalue weighted by molar-refractivity contribution is -0.137. The summed E-state index contributed by atoms with van der Waals surface area (Å²) >= 11 is 0. The van der Waals surface area contributed by atoms with Crippen LogP contribution in [-0.2, 0) is 11.0 Å². The quantitative estimate of drug-likeness (QED) is 0.912. The fourth-order valence-electron chi connectivity index (χ4n) is 2.15. The van der Waals surface area contributed by atoms with Crippen LogP contribution in [-0.4, -0.2) is 37.0 Å². The number of nitrogens with zero attached hydrogens (tertiary/aromatic N) is 2. The zero-order chi connectivity index (χ0) is 15.8. The van der Waals surface area contributed by atoms with E-state index in [0.717, 1.165) is 11.0 Å². The van der Waals surface area contributed by atoms with E-state index < -0.39 is 23.7 Å². The van der Waals surface area contributed by atoms with Crippen LogP contribution < -0.4 is 10.2 Å². The van der Waals surface area contributed by atoms with Crippen molar-refractivity contribution in [3.05, 3.63) is 23.8 Å². The number of hydrogen-bond donors (Lipinski definition) is 1. The van der Waals surface area contributed by atoms with Gasteiger partial charge < -0.3 is 10.2 Å². The van der Waals surface area contributed by atoms with E-state index in [-0.39, 0.29) is 17.9 Å². The van der Waals surface area contributed by atoms with Gasteiger partial charge in [0.1, 0.15) is 0 Å². The van der Waals surface area contributed by atoms with E-state index in [1.165, 1.54) is 31.0 Å². The third-order valence-corrected chi connectivity index (χ3v) is 3.13. The summed E-state index contributed by atoms with van der Waals surface area (Å²) < 4.78 is 39.5. The van der Waals surface area contributed by atoms with Gasteiger partial charge in [-0.3, -0.25) is 9.69 Å². The van der Waals surface area contributed by atoms with E-state index >= 15 is 0 Å². The van der Waals surface area contributed by atoms with Crippen molar-refractivity contribution in [3.8, 4) is 0 Å². The number of hydrogen-bond acceptors (Lipinski definition) is 2. The summed E-state index contributed by atoms with van der Waals surface area (Å²) in [6.45, 7) is 1.77. The lowest BCUT2D eigenvalue weighted by Crippen LogP contribution is -2.31. The first kappa shape index (κ1) is 15.1. The molecule has 1 heterocycles. The molecule has 8 heteroatoms. The first-order valence-corrected chi connectivity index (χ1v) is 6.21. The van der Waals surface area contributed by atoms with Crippen molar-refractivity contribution in [3.63, 3.8) is 0 Å². The molecule has 2 rings (SSSR count). The van der Waals surface area contributed by atoms with Crippen LogP contribution >= 0.6 is 0 Å². The summed E-state index contributed by atoms with van der Waals surface area (Å²) in [5.41, 5.74) is -1.11. The molecule has 0 atom stereocenters. The van der Waals surface area contributed by atoms with Gasteiger partial charge in [0.05, 0.1) is 11.3 Å². The van der Waals surface area contributed by atoms with E-state index in [4.69, 9.17) is 0 Å². The fraction of sp³-hybridized carbons (Fsp3) is 0.385. The second-order valence-electron chi connectivity index (χ2n) is 4.77. The maximum absolute atomic E-state index is 13.2. The van der Waals surface area contributed by atoms with Crippen LogP contribution in [0.2, 0.25) is 0 Å². The molecular weight excluding hydrogens is 287 g/mol. The molecular formula is C13H14F3N3O2. The summed E-state index contributed by atoms with van der Waals surface area (Å²) in [7, 11) is 1.53. The molecule has 3 amide bonds. The Balaban J connectivity index is 2.46. The second kappa shape index (κ2) is 5.27. The molecule has 1 N–H and O–H groups in total. The number of carbonyl (C=O) groups is 2. The standard InChI is InChI=1S/C13H14F3N3O2/c1-8(20)17-9-3-4-11(10(7-9)13(14,15)16)19-6-5-18(2)12(19)21/h3-4,7H,5-6H2,1-2H3,(H,17,20). The second-order valence-corrected chi connectivity index (χ2v) is 4.77. The van der Waals surface area contributed by atoms with Gasteiger partial charge in [0.2, 0.25) is 5.91 Å². The van der Waals surface area contributed by atoms with Crippen molar-refractivity contribution in [2.75, 3.05) is 30.4 Å². The molecule has 1 aromatic carbocycles. The number of urea groups is 1. The minimum absolute atomic E-state index is 0.0403. The molecule has 0 aromatic heterocycles. The minimum Gasteiger partial charge on any atom is -0.326 e. The van der Waals surface area contributed by atoms with Crippen molar-refractivity contribution in [1.29, 1.82) is 0 Å².